The van der Waals surface area contributed by atoms with Gasteiger partial charge in [0.05, 0.1) is 22.3 Å². The number of benzene rings is 2. The maximum Gasteiger partial charge on any atom is 0.260 e. The summed E-state index contributed by atoms with van der Waals surface area (Å²) in [7, 11) is 1.61. The number of allylic oxidation sites excluding steroid dienone is 1. The number of methoxy groups -OCH3 is 1. The van der Waals surface area contributed by atoms with Gasteiger partial charge in [-0.05, 0) is 49.1 Å². The van der Waals surface area contributed by atoms with E-state index < -0.39 is 0 Å². The van der Waals surface area contributed by atoms with E-state index in [4.69, 9.17) is 14.5 Å². The molecule has 1 fully saturated rings. The Balaban J connectivity index is 1.39. The molecule has 2 aromatic carbocycles. The van der Waals surface area contributed by atoms with Crippen LogP contribution in [0.2, 0.25) is 0 Å². The number of carbonyl (C=O) groups excluding carboxylic acids is 1. The highest BCUT2D eigenvalue weighted by Crippen LogP contribution is 2.33. The zero-order chi connectivity index (χ0) is 20.9. The number of rotatable bonds is 7. The van der Waals surface area contributed by atoms with Crippen LogP contribution < -0.4 is 9.47 Å². The van der Waals surface area contributed by atoms with Gasteiger partial charge in [0, 0.05) is 19.0 Å². The van der Waals surface area contributed by atoms with Crippen molar-refractivity contribution in [2.45, 2.75) is 25.2 Å². The number of para-hydroxylation sites is 1. The van der Waals surface area contributed by atoms with Gasteiger partial charge in [0.2, 0.25) is 0 Å². The van der Waals surface area contributed by atoms with E-state index in [0.29, 0.717) is 18.0 Å². The lowest BCUT2D eigenvalue weighted by molar-refractivity contribution is -0.134. The number of ether oxygens (including phenoxy) is 2. The van der Waals surface area contributed by atoms with Gasteiger partial charge in [0.15, 0.2) is 18.1 Å². The molecule has 4 rings (SSSR count). The second-order valence-electron chi connectivity index (χ2n) is 7.47. The van der Waals surface area contributed by atoms with Gasteiger partial charge in [0.25, 0.3) is 5.91 Å². The van der Waals surface area contributed by atoms with Gasteiger partial charge >= 0.3 is 0 Å². The normalized spacial score (nSPS) is 16.4. The van der Waals surface area contributed by atoms with E-state index in [1.165, 1.54) is 4.70 Å². The van der Waals surface area contributed by atoms with Crippen molar-refractivity contribution >= 4 is 27.5 Å². The van der Waals surface area contributed by atoms with Crippen LogP contribution in [0.15, 0.2) is 55.1 Å². The van der Waals surface area contributed by atoms with E-state index in [2.05, 4.69) is 12.6 Å². The Morgan fingerprint density at radius 2 is 2.17 bits per heavy atom. The van der Waals surface area contributed by atoms with Gasteiger partial charge in [-0.2, -0.15) is 0 Å². The Kier molecular flexibility index (Phi) is 6.33. The Bertz CT molecular complexity index is 1010. The second kappa shape index (κ2) is 9.30. The van der Waals surface area contributed by atoms with Crippen LogP contribution in [0.4, 0.5) is 0 Å². The average Bonchev–Trinajstić information content (AvgIpc) is 3.22. The highest BCUT2D eigenvalue weighted by molar-refractivity contribution is 7.18. The number of carbonyl (C=O) groups is 1. The van der Waals surface area contributed by atoms with Crippen LogP contribution in [0, 0.1) is 0 Å². The predicted molar refractivity (Wildman–Crippen MR) is 121 cm³/mol. The molecule has 1 aliphatic rings. The van der Waals surface area contributed by atoms with E-state index in [1.807, 2.05) is 47.4 Å². The minimum Gasteiger partial charge on any atom is -0.493 e. The van der Waals surface area contributed by atoms with Crippen molar-refractivity contribution in [3.8, 4) is 11.5 Å². The number of hydrogen-bond donors (Lipinski definition) is 0. The molecule has 2 heterocycles. The molecule has 0 saturated carbocycles. The highest BCUT2D eigenvalue weighted by atomic mass is 32.1. The molecule has 0 N–H and O–H groups in total. The van der Waals surface area contributed by atoms with E-state index in [-0.39, 0.29) is 18.4 Å². The smallest absolute Gasteiger partial charge is 0.260 e. The molecule has 1 amide bonds. The topological polar surface area (TPSA) is 51.7 Å². The minimum absolute atomic E-state index is 0.00182. The summed E-state index contributed by atoms with van der Waals surface area (Å²) in [6.07, 6.45) is 4.64. The summed E-state index contributed by atoms with van der Waals surface area (Å²) >= 11 is 1.73. The lowest BCUT2D eigenvalue weighted by atomic mass is 9.99. The first-order valence-electron chi connectivity index (χ1n) is 10.2. The lowest BCUT2D eigenvalue weighted by Gasteiger charge is -2.31. The molecule has 5 nitrogen and oxygen atoms in total. The zero-order valence-corrected chi connectivity index (χ0v) is 18.0. The number of aromatic nitrogens is 1. The average molecular weight is 423 g/mol. The van der Waals surface area contributed by atoms with Crippen molar-refractivity contribution in [3.63, 3.8) is 0 Å². The van der Waals surface area contributed by atoms with Crippen molar-refractivity contribution in [1.82, 2.24) is 9.88 Å². The Morgan fingerprint density at radius 3 is 2.97 bits per heavy atom. The summed E-state index contributed by atoms with van der Waals surface area (Å²) in [4.78, 5) is 19.5. The third-order valence-electron chi connectivity index (χ3n) is 5.39. The molecule has 156 valence electrons. The number of fused-ring (bicyclic) bond motifs is 1. The first-order chi connectivity index (χ1) is 14.7. The molecule has 0 spiro atoms. The summed E-state index contributed by atoms with van der Waals surface area (Å²) < 4.78 is 12.4. The number of likely N-dealkylation sites (tertiary alicyclic amines) is 1. The summed E-state index contributed by atoms with van der Waals surface area (Å²) in [6.45, 7) is 5.22. The molecule has 1 atom stereocenters. The van der Waals surface area contributed by atoms with Crippen molar-refractivity contribution in [2.75, 3.05) is 26.8 Å². The first-order valence-corrected chi connectivity index (χ1v) is 11.0. The van der Waals surface area contributed by atoms with Crippen molar-refractivity contribution in [3.05, 3.63) is 65.7 Å². The molecular formula is C24H26N2O3S. The SMILES string of the molecule is C=CCc1ccc(OCC(=O)N2CCC[C@@H](c3nc4ccccc4s3)C2)c(OC)c1. The molecule has 0 aliphatic carbocycles. The van der Waals surface area contributed by atoms with Crippen molar-refractivity contribution in [2.24, 2.45) is 0 Å². The quantitative estimate of drug-likeness (QED) is 0.512. The van der Waals surface area contributed by atoms with Gasteiger partial charge in [-0.15, -0.1) is 17.9 Å². The standard InChI is InChI=1S/C24H26N2O3S/c1-3-7-17-11-12-20(21(14-17)28-2)29-16-23(27)26-13-6-8-18(15-26)24-25-19-9-4-5-10-22(19)30-24/h3-5,9-12,14,18H,1,6-8,13,15-16H2,2H3/t18-/m1/s1. The van der Waals surface area contributed by atoms with E-state index in [1.54, 1.807) is 18.4 Å². The van der Waals surface area contributed by atoms with Crippen molar-refractivity contribution in [1.29, 1.82) is 0 Å². The molecule has 0 bridgehead atoms. The maximum absolute atomic E-state index is 12.8. The van der Waals surface area contributed by atoms with Gasteiger partial charge in [-0.25, -0.2) is 4.98 Å². The molecule has 0 unspecified atom stereocenters. The summed E-state index contributed by atoms with van der Waals surface area (Å²) in [5.41, 5.74) is 2.13. The second-order valence-corrected chi connectivity index (χ2v) is 8.53. The van der Waals surface area contributed by atoms with Crippen LogP contribution >= 0.6 is 11.3 Å². The summed E-state index contributed by atoms with van der Waals surface area (Å²) in [6, 6.07) is 13.9. The maximum atomic E-state index is 12.8. The number of hydrogen-bond acceptors (Lipinski definition) is 5. The van der Waals surface area contributed by atoms with Crippen LogP contribution in [0.25, 0.3) is 10.2 Å². The Hall–Kier alpha value is -2.86. The summed E-state index contributed by atoms with van der Waals surface area (Å²) in [5, 5.41) is 1.12. The minimum atomic E-state index is -0.00182. The third kappa shape index (κ3) is 4.49. The van der Waals surface area contributed by atoms with Gasteiger partial charge in [-0.3, -0.25) is 4.79 Å². The molecular weight excluding hydrogens is 396 g/mol. The fraction of sp³-hybridized carbons (Fsp3) is 0.333. The molecule has 1 aliphatic heterocycles. The van der Waals surface area contributed by atoms with Crippen LogP contribution in [0.1, 0.15) is 29.3 Å². The third-order valence-corrected chi connectivity index (χ3v) is 6.59. The fourth-order valence-corrected chi connectivity index (χ4v) is 4.92. The number of thiazole rings is 1. The lowest BCUT2D eigenvalue weighted by Crippen LogP contribution is -2.41. The van der Waals surface area contributed by atoms with Crippen LogP contribution in [-0.4, -0.2) is 42.6 Å². The zero-order valence-electron chi connectivity index (χ0n) is 17.2. The van der Waals surface area contributed by atoms with E-state index in [9.17, 15) is 4.79 Å². The van der Waals surface area contributed by atoms with Gasteiger partial charge < -0.3 is 14.4 Å². The number of nitrogens with zero attached hydrogens (tertiary/aromatic N) is 2. The fourth-order valence-electron chi connectivity index (χ4n) is 3.83. The van der Waals surface area contributed by atoms with E-state index in [0.717, 1.165) is 41.9 Å². The molecule has 1 aromatic heterocycles. The molecule has 1 saturated heterocycles. The van der Waals surface area contributed by atoms with Crippen LogP contribution in [0.3, 0.4) is 0 Å². The highest BCUT2D eigenvalue weighted by Gasteiger charge is 2.27. The Labute approximate surface area is 180 Å². The monoisotopic (exact) mass is 422 g/mol. The molecule has 0 radical (unpaired) electrons. The van der Waals surface area contributed by atoms with Gasteiger partial charge in [0.1, 0.15) is 0 Å². The molecule has 30 heavy (non-hydrogen) atoms. The number of amides is 1. The largest absolute Gasteiger partial charge is 0.493 e. The first kappa shape index (κ1) is 20.4. The van der Waals surface area contributed by atoms with Crippen LogP contribution in [-0.2, 0) is 11.2 Å². The molecule has 3 aromatic rings. The van der Waals surface area contributed by atoms with Crippen molar-refractivity contribution < 1.29 is 14.3 Å². The van der Waals surface area contributed by atoms with Crippen LogP contribution in [0.5, 0.6) is 11.5 Å². The molecule has 6 heteroatoms. The van der Waals surface area contributed by atoms with E-state index >= 15 is 0 Å². The Morgan fingerprint density at radius 1 is 1.30 bits per heavy atom. The summed E-state index contributed by atoms with van der Waals surface area (Å²) in [5.74, 6) is 1.50. The predicted octanol–water partition coefficient (Wildman–Crippen LogP) is 4.82. The number of piperidine rings is 1. The van der Waals surface area contributed by atoms with Gasteiger partial charge in [-0.1, -0.05) is 24.3 Å².